The Bertz CT molecular complexity index is 376. The van der Waals surface area contributed by atoms with Crippen molar-refractivity contribution < 1.29 is 4.79 Å². The highest BCUT2D eigenvalue weighted by Crippen LogP contribution is 2.34. The third-order valence-corrected chi connectivity index (χ3v) is 6.09. The van der Waals surface area contributed by atoms with Gasteiger partial charge in [-0.05, 0) is 58.5 Å². The van der Waals surface area contributed by atoms with E-state index in [9.17, 15) is 4.79 Å². The maximum absolute atomic E-state index is 12.4. The molecule has 1 amide bonds. The van der Waals surface area contributed by atoms with Crippen molar-refractivity contribution in [3.05, 3.63) is 0 Å². The second-order valence-electron chi connectivity index (χ2n) is 8.00. The summed E-state index contributed by atoms with van der Waals surface area (Å²) in [7, 11) is 0. The lowest BCUT2D eigenvalue weighted by Gasteiger charge is -2.45. The molecule has 1 aliphatic carbocycles. The lowest BCUT2D eigenvalue weighted by Crippen LogP contribution is -2.56. The zero-order chi connectivity index (χ0) is 15.7. The number of piperazine rings is 1. The molecule has 2 heterocycles. The third kappa shape index (κ3) is 3.48. The molecule has 4 heteroatoms. The molecule has 0 aromatic heterocycles. The van der Waals surface area contributed by atoms with E-state index in [-0.39, 0.29) is 0 Å². The molecule has 0 unspecified atom stereocenters. The molecule has 0 aromatic rings. The van der Waals surface area contributed by atoms with Crippen LogP contribution in [0.25, 0.3) is 0 Å². The van der Waals surface area contributed by atoms with E-state index in [0.29, 0.717) is 17.9 Å². The van der Waals surface area contributed by atoms with E-state index in [1.165, 1.54) is 25.9 Å². The first-order chi connectivity index (χ1) is 10.5. The molecule has 22 heavy (non-hydrogen) atoms. The molecule has 0 atom stereocenters. The van der Waals surface area contributed by atoms with Crippen molar-refractivity contribution in [2.75, 3.05) is 39.3 Å². The van der Waals surface area contributed by atoms with Crippen LogP contribution in [0.1, 0.15) is 46.5 Å². The van der Waals surface area contributed by atoms with Crippen molar-refractivity contribution in [2.45, 2.75) is 58.5 Å². The van der Waals surface area contributed by atoms with Gasteiger partial charge < -0.3 is 9.80 Å². The Balaban J connectivity index is 1.41. The summed E-state index contributed by atoms with van der Waals surface area (Å²) in [6.07, 6.45) is 4.83. The van der Waals surface area contributed by atoms with Gasteiger partial charge in [-0.1, -0.05) is 6.92 Å². The largest absolute Gasteiger partial charge is 0.340 e. The standard InChI is InChI=1S/C18H33N3O/c1-14(2)19-6-4-17(5-7-19)20-8-10-21(11-9-20)18(22)16-12-15(3)13-16/h14-17H,4-13H2,1-3H3. The Morgan fingerprint density at radius 1 is 0.955 bits per heavy atom. The first-order valence-electron chi connectivity index (χ1n) is 9.31. The Hall–Kier alpha value is -0.610. The summed E-state index contributed by atoms with van der Waals surface area (Å²) in [6.45, 7) is 13.4. The van der Waals surface area contributed by atoms with Crippen LogP contribution in [0.15, 0.2) is 0 Å². The average molecular weight is 307 g/mol. The van der Waals surface area contributed by atoms with Crippen LogP contribution in [0.2, 0.25) is 0 Å². The molecule has 0 radical (unpaired) electrons. The molecule has 3 fully saturated rings. The molecule has 3 rings (SSSR count). The topological polar surface area (TPSA) is 26.8 Å². The number of hydrogen-bond donors (Lipinski definition) is 0. The van der Waals surface area contributed by atoms with Crippen molar-refractivity contribution in [3.63, 3.8) is 0 Å². The summed E-state index contributed by atoms with van der Waals surface area (Å²) in [5, 5.41) is 0. The molecule has 0 aromatic carbocycles. The zero-order valence-corrected chi connectivity index (χ0v) is 14.6. The van der Waals surface area contributed by atoms with E-state index in [1.807, 2.05) is 0 Å². The molecule has 1 saturated carbocycles. The van der Waals surface area contributed by atoms with Crippen LogP contribution in [0.5, 0.6) is 0 Å². The zero-order valence-electron chi connectivity index (χ0n) is 14.6. The number of carbonyl (C=O) groups is 1. The van der Waals surface area contributed by atoms with Gasteiger partial charge in [-0.25, -0.2) is 0 Å². The van der Waals surface area contributed by atoms with Crippen LogP contribution in [-0.2, 0) is 4.79 Å². The first kappa shape index (κ1) is 16.3. The summed E-state index contributed by atoms with van der Waals surface area (Å²) in [6, 6.07) is 1.43. The summed E-state index contributed by atoms with van der Waals surface area (Å²) in [5.41, 5.74) is 0. The summed E-state index contributed by atoms with van der Waals surface area (Å²) >= 11 is 0. The van der Waals surface area contributed by atoms with Crippen molar-refractivity contribution >= 4 is 5.91 Å². The van der Waals surface area contributed by atoms with Gasteiger partial charge in [0.15, 0.2) is 0 Å². The SMILES string of the molecule is CC1CC(C(=O)N2CCN(C3CCN(C(C)C)CC3)CC2)C1. The minimum atomic E-state index is 0.343. The van der Waals surface area contributed by atoms with E-state index in [0.717, 1.165) is 51.0 Å². The number of hydrogen-bond acceptors (Lipinski definition) is 3. The van der Waals surface area contributed by atoms with Gasteiger partial charge in [0.05, 0.1) is 0 Å². The smallest absolute Gasteiger partial charge is 0.225 e. The fourth-order valence-electron chi connectivity index (χ4n) is 4.44. The number of nitrogens with zero attached hydrogens (tertiary/aromatic N) is 3. The first-order valence-corrected chi connectivity index (χ1v) is 9.31. The van der Waals surface area contributed by atoms with Gasteiger partial charge in [0, 0.05) is 44.2 Å². The highest BCUT2D eigenvalue weighted by atomic mass is 16.2. The number of rotatable bonds is 3. The van der Waals surface area contributed by atoms with Gasteiger partial charge in [-0.3, -0.25) is 9.69 Å². The number of piperidine rings is 1. The summed E-state index contributed by atoms with van der Waals surface area (Å²) < 4.78 is 0. The van der Waals surface area contributed by atoms with Crippen molar-refractivity contribution in [1.29, 1.82) is 0 Å². The van der Waals surface area contributed by atoms with Crippen LogP contribution < -0.4 is 0 Å². The maximum Gasteiger partial charge on any atom is 0.225 e. The van der Waals surface area contributed by atoms with Gasteiger partial charge in [-0.2, -0.15) is 0 Å². The molecular formula is C18H33N3O. The van der Waals surface area contributed by atoms with Crippen LogP contribution in [-0.4, -0.2) is 72.0 Å². The second-order valence-corrected chi connectivity index (χ2v) is 8.00. The molecule has 0 spiro atoms. The van der Waals surface area contributed by atoms with Crippen LogP contribution in [0.4, 0.5) is 0 Å². The maximum atomic E-state index is 12.4. The highest BCUT2D eigenvalue weighted by molar-refractivity contribution is 5.79. The van der Waals surface area contributed by atoms with Crippen LogP contribution >= 0.6 is 0 Å². The Labute approximate surface area is 135 Å². The number of likely N-dealkylation sites (tertiary alicyclic amines) is 1. The van der Waals surface area contributed by atoms with Crippen LogP contribution in [0.3, 0.4) is 0 Å². The summed E-state index contributed by atoms with van der Waals surface area (Å²) in [4.78, 5) is 19.8. The fraction of sp³-hybridized carbons (Fsp3) is 0.944. The lowest BCUT2D eigenvalue weighted by atomic mass is 9.75. The third-order valence-electron chi connectivity index (χ3n) is 6.09. The molecule has 2 saturated heterocycles. The van der Waals surface area contributed by atoms with Crippen LogP contribution in [0, 0.1) is 11.8 Å². The van der Waals surface area contributed by atoms with Gasteiger partial charge in [0.2, 0.25) is 5.91 Å². The van der Waals surface area contributed by atoms with E-state index in [2.05, 4.69) is 35.5 Å². The fourth-order valence-corrected chi connectivity index (χ4v) is 4.44. The molecular weight excluding hydrogens is 274 g/mol. The van der Waals surface area contributed by atoms with E-state index in [4.69, 9.17) is 0 Å². The van der Waals surface area contributed by atoms with E-state index in [1.54, 1.807) is 0 Å². The Kier molecular flexibility index (Phi) is 5.08. The molecule has 2 aliphatic heterocycles. The van der Waals surface area contributed by atoms with Gasteiger partial charge in [-0.15, -0.1) is 0 Å². The lowest BCUT2D eigenvalue weighted by molar-refractivity contribution is -0.142. The normalized spacial score (nSPS) is 32.3. The predicted molar refractivity (Wildman–Crippen MR) is 89.8 cm³/mol. The molecule has 0 bridgehead atoms. The summed E-state index contributed by atoms with van der Waals surface area (Å²) in [5.74, 6) is 1.55. The van der Waals surface area contributed by atoms with Crippen molar-refractivity contribution in [1.82, 2.24) is 14.7 Å². The number of carbonyl (C=O) groups excluding carboxylic acids is 1. The second kappa shape index (κ2) is 6.88. The van der Waals surface area contributed by atoms with E-state index < -0.39 is 0 Å². The monoisotopic (exact) mass is 307 g/mol. The van der Waals surface area contributed by atoms with Crippen molar-refractivity contribution in [2.24, 2.45) is 11.8 Å². The highest BCUT2D eigenvalue weighted by Gasteiger charge is 2.36. The molecule has 126 valence electrons. The Morgan fingerprint density at radius 2 is 1.55 bits per heavy atom. The van der Waals surface area contributed by atoms with Gasteiger partial charge in [0.25, 0.3) is 0 Å². The number of amides is 1. The Morgan fingerprint density at radius 3 is 2.05 bits per heavy atom. The quantitative estimate of drug-likeness (QED) is 0.798. The predicted octanol–water partition coefficient (Wildman–Crippen LogP) is 2.05. The molecule has 0 N–H and O–H groups in total. The minimum Gasteiger partial charge on any atom is -0.340 e. The molecule has 3 aliphatic rings. The molecule has 4 nitrogen and oxygen atoms in total. The van der Waals surface area contributed by atoms with E-state index >= 15 is 0 Å². The average Bonchev–Trinajstić information content (AvgIpc) is 2.51. The van der Waals surface area contributed by atoms with Gasteiger partial charge >= 0.3 is 0 Å². The minimum absolute atomic E-state index is 0.343. The van der Waals surface area contributed by atoms with Gasteiger partial charge in [0.1, 0.15) is 0 Å². The van der Waals surface area contributed by atoms with Crippen molar-refractivity contribution in [3.8, 4) is 0 Å².